The van der Waals surface area contributed by atoms with E-state index in [0.29, 0.717) is 22.6 Å². The molecule has 31 heavy (non-hydrogen) atoms. The van der Waals surface area contributed by atoms with Crippen LogP contribution >= 0.6 is 0 Å². The molecular weight excluding hydrogens is 418 g/mol. The molecule has 0 saturated heterocycles. The fourth-order valence-electron chi connectivity index (χ4n) is 2.85. The van der Waals surface area contributed by atoms with Crippen molar-refractivity contribution in [1.29, 1.82) is 0 Å². The summed E-state index contributed by atoms with van der Waals surface area (Å²) in [4.78, 5) is 25.8. The number of carbonyl (C=O) groups excluding carboxylic acids is 2. The average Bonchev–Trinajstić information content (AvgIpc) is 3.20. The maximum Gasteiger partial charge on any atom is 0.253 e. The zero-order chi connectivity index (χ0) is 22.6. The third-order valence-electron chi connectivity index (χ3n) is 4.37. The van der Waals surface area contributed by atoms with Crippen molar-refractivity contribution < 1.29 is 18.0 Å². The molecule has 3 aromatic rings. The summed E-state index contributed by atoms with van der Waals surface area (Å²) < 4.78 is 25.4. The van der Waals surface area contributed by atoms with Crippen LogP contribution in [0.5, 0.6) is 0 Å². The summed E-state index contributed by atoms with van der Waals surface area (Å²) in [7, 11) is -0.0707. The molecule has 2 aromatic carbocycles. The number of anilines is 2. The van der Waals surface area contributed by atoms with Crippen LogP contribution < -0.4 is 10.6 Å². The van der Waals surface area contributed by atoms with E-state index in [-0.39, 0.29) is 23.3 Å². The number of para-hydroxylation sites is 1. The van der Waals surface area contributed by atoms with Crippen LogP contribution in [0, 0.1) is 0 Å². The molecule has 0 fully saturated rings. The maximum atomic E-state index is 12.2. The van der Waals surface area contributed by atoms with Gasteiger partial charge in [0.05, 0.1) is 35.2 Å². The monoisotopic (exact) mass is 441 g/mol. The number of nitrogens with zero attached hydrogens (tertiary/aromatic N) is 3. The highest BCUT2D eigenvalue weighted by Crippen LogP contribution is 2.20. The number of hydrogen-bond donors (Lipinski definition) is 2. The van der Waals surface area contributed by atoms with Gasteiger partial charge in [-0.1, -0.05) is 12.1 Å². The minimum Gasteiger partial charge on any atom is -0.374 e. The van der Waals surface area contributed by atoms with E-state index in [1.54, 1.807) is 62.8 Å². The van der Waals surface area contributed by atoms with Gasteiger partial charge in [-0.2, -0.15) is 5.10 Å². The normalized spacial score (nSPS) is 11.1. The number of benzene rings is 2. The molecule has 0 radical (unpaired) electrons. The molecule has 9 nitrogen and oxygen atoms in total. The summed E-state index contributed by atoms with van der Waals surface area (Å²) in [5, 5.41) is 9.88. The SMILES string of the molecule is CN(C)C(=O)c1ccc(NC(=O)CNc2cnn(-c3ccccc3S(C)(=O)=O)c2)cc1. The minimum absolute atomic E-state index is 0.0161. The third-order valence-corrected chi connectivity index (χ3v) is 5.51. The van der Waals surface area contributed by atoms with Gasteiger partial charge in [-0.3, -0.25) is 9.59 Å². The molecular formula is C21H23N5O4S. The van der Waals surface area contributed by atoms with Crippen LogP contribution in [-0.2, 0) is 14.6 Å². The van der Waals surface area contributed by atoms with Crippen LogP contribution in [0.1, 0.15) is 10.4 Å². The standard InChI is InChI=1S/C21H23N5O4S/c1-25(2)21(28)15-8-10-16(11-9-15)24-20(27)13-22-17-12-23-26(14-17)18-6-4-5-7-19(18)31(3,29)30/h4-12,14,22H,13H2,1-3H3,(H,24,27). The topological polar surface area (TPSA) is 113 Å². The predicted molar refractivity (Wildman–Crippen MR) is 118 cm³/mol. The Kier molecular flexibility index (Phi) is 6.40. The smallest absolute Gasteiger partial charge is 0.253 e. The molecule has 0 aliphatic heterocycles. The predicted octanol–water partition coefficient (Wildman–Crippen LogP) is 2.03. The van der Waals surface area contributed by atoms with Gasteiger partial charge in [0.25, 0.3) is 5.91 Å². The maximum absolute atomic E-state index is 12.2. The van der Waals surface area contributed by atoms with E-state index in [0.717, 1.165) is 6.26 Å². The van der Waals surface area contributed by atoms with Crippen molar-refractivity contribution in [3.05, 3.63) is 66.5 Å². The van der Waals surface area contributed by atoms with Gasteiger partial charge < -0.3 is 15.5 Å². The Morgan fingerprint density at radius 1 is 1.03 bits per heavy atom. The van der Waals surface area contributed by atoms with Gasteiger partial charge >= 0.3 is 0 Å². The molecule has 0 spiro atoms. The van der Waals surface area contributed by atoms with Gasteiger partial charge in [0.2, 0.25) is 5.91 Å². The number of rotatable bonds is 7. The van der Waals surface area contributed by atoms with E-state index in [9.17, 15) is 18.0 Å². The second-order valence-electron chi connectivity index (χ2n) is 7.09. The van der Waals surface area contributed by atoms with Gasteiger partial charge in [-0.25, -0.2) is 13.1 Å². The number of sulfone groups is 1. The first-order chi connectivity index (χ1) is 14.6. The van der Waals surface area contributed by atoms with Crippen molar-refractivity contribution >= 4 is 33.0 Å². The number of aromatic nitrogens is 2. The summed E-state index contributed by atoms with van der Waals surface area (Å²) in [6.07, 6.45) is 4.26. The van der Waals surface area contributed by atoms with E-state index in [1.807, 2.05) is 0 Å². The molecule has 0 bridgehead atoms. The summed E-state index contributed by atoms with van der Waals surface area (Å²) in [6.45, 7) is -0.0161. The van der Waals surface area contributed by atoms with Crippen LogP contribution in [0.2, 0.25) is 0 Å². The lowest BCUT2D eigenvalue weighted by atomic mass is 10.2. The van der Waals surface area contributed by atoms with Crippen molar-refractivity contribution in [3.63, 3.8) is 0 Å². The Morgan fingerprint density at radius 3 is 2.35 bits per heavy atom. The Labute approximate surface area is 180 Å². The van der Waals surface area contributed by atoms with E-state index in [2.05, 4.69) is 15.7 Å². The summed E-state index contributed by atoms with van der Waals surface area (Å²) in [5.41, 5.74) is 2.09. The van der Waals surface area contributed by atoms with Gasteiger partial charge in [-0.15, -0.1) is 0 Å². The van der Waals surface area contributed by atoms with Gasteiger partial charge in [0.1, 0.15) is 0 Å². The second-order valence-corrected chi connectivity index (χ2v) is 9.08. The highest BCUT2D eigenvalue weighted by Gasteiger charge is 2.15. The number of carbonyl (C=O) groups is 2. The first kappa shape index (κ1) is 22.0. The molecule has 0 aliphatic rings. The Morgan fingerprint density at radius 2 is 1.71 bits per heavy atom. The number of nitrogens with one attached hydrogen (secondary N) is 2. The average molecular weight is 442 g/mol. The van der Waals surface area contributed by atoms with Crippen molar-refractivity contribution in [3.8, 4) is 5.69 Å². The van der Waals surface area contributed by atoms with Crippen LogP contribution in [0.25, 0.3) is 5.69 Å². The zero-order valence-electron chi connectivity index (χ0n) is 17.4. The first-order valence-electron chi connectivity index (χ1n) is 9.35. The van der Waals surface area contributed by atoms with Crippen LogP contribution in [0.4, 0.5) is 11.4 Å². The lowest BCUT2D eigenvalue weighted by Gasteiger charge is -2.11. The lowest BCUT2D eigenvalue weighted by Crippen LogP contribution is -2.22. The molecule has 0 unspecified atom stereocenters. The Balaban J connectivity index is 1.61. The highest BCUT2D eigenvalue weighted by atomic mass is 32.2. The highest BCUT2D eigenvalue weighted by molar-refractivity contribution is 7.90. The van der Waals surface area contributed by atoms with Crippen LogP contribution in [0.3, 0.4) is 0 Å². The van der Waals surface area contributed by atoms with Crippen molar-refractivity contribution in [1.82, 2.24) is 14.7 Å². The van der Waals surface area contributed by atoms with Crippen LogP contribution in [-0.4, -0.2) is 61.8 Å². The van der Waals surface area contributed by atoms with Gasteiger partial charge in [0.15, 0.2) is 9.84 Å². The molecule has 3 rings (SSSR count). The second kappa shape index (κ2) is 9.00. The fraction of sp³-hybridized carbons (Fsp3) is 0.190. The zero-order valence-corrected chi connectivity index (χ0v) is 18.2. The molecule has 2 amide bonds. The van der Waals surface area contributed by atoms with Gasteiger partial charge in [0, 0.05) is 31.6 Å². The quantitative estimate of drug-likeness (QED) is 0.580. The Bertz CT molecular complexity index is 1200. The van der Waals surface area contributed by atoms with E-state index in [4.69, 9.17) is 0 Å². The largest absolute Gasteiger partial charge is 0.374 e. The number of amides is 2. The molecule has 1 aromatic heterocycles. The van der Waals surface area contributed by atoms with Crippen LogP contribution in [0.15, 0.2) is 65.8 Å². The van der Waals surface area contributed by atoms with Gasteiger partial charge in [-0.05, 0) is 36.4 Å². The summed E-state index contributed by atoms with van der Waals surface area (Å²) in [6, 6.07) is 13.2. The Hall–Kier alpha value is -3.66. The molecule has 2 N–H and O–H groups in total. The molecule has 0 atom stereocenters. The summed E-state index contributed by atoms with van der Waals surface area (Å²) >= 11 is 0. The molecule has 1 heterocycles. The minimum atomic E-state index is -3.42. The number of hydrogen-bond acceptors (Lipinski definition) is 6. The molecule has 0 saturated carbocycles. The van der Waals surface area contributed by atoms with Crippen molar-refractivity contribution in [2.24, 2.45) is 0 Å². The molecule has 162 valence electrons. The summed E-state index contributed by atoms with van der Waals surface area (Å²) in [5.74, 6) is -0.398. The van der Waals surface area contributed by atoms with Crippen molar-refractivity contribution in [2.45, 2.75) is 4.90 Å². The fourth-order valence-corrected chi connectivity index (χ4v) is 3.71. The first-order valence-corrected chi connectivity index (χ1v) is 11.2. The molecule has 10 heteroatoms. The van der Waals surface area contributed by atoms with E-state index >= 15 is 0 Å². The van der Waals surface area contributed by atoms with E-state index in [1.165, 1.54) is 21.8 Å². The molecule has 0 aliphatic carbocycles. The van der Waals surface area contributed by atoms with E-state index < -0.39 is 9.84 Å². The third kappa shape index (κ3) is 5.48. The lowest BCUT2D eigenvalue weighted by molar-refractivity contribution is -0.114. The van der Waals surface area contributed by atoms with Crippen molar-refractivity contribution in [2.75, 3.05) is 37.5 Å².